The zero-order valence-electron chi connectivity index (χ0n) is 19.6. The molecule has 2 aliphatic rings. The van der Waals surface area contributed by atoms with E-state index in [2.05, 4.69) is 83.6 Å². The van der Waals surface area contributed by atoms with Gasteiger partial charge in [0.15, 0.2) is 0 Å². The Morgan fingerprint density at radius 1 is 1.06 bits per heavy atom. The lowest BCUT2D eigenvalue weighted by Gasteiger charge is -2.48. The number of aromatic nitrogens is 1. The molecule has 0 unspecified atom stereocenters. The van der Waals surface area contributed by atoms with Crippen LogP contribution < -0.4 is 4.74 Å². The second kappa shape index (κ2) is 8.76. The van der Waals surface area contributed by atoms with Crippen molar-refractivity contribution in [3.05, 3.63) is 71.9 Å². The Bertz CT molecular complexity index is 1090. The first-order valence-corrected chi connectivity index (χ1v) is 11.9. The van der Waals surface area contributed by atoms with E-state index in [-0.39, 0.29) is 5.54 Å². The summed E-state index contributed by atoms with van der Waals surface area (Å²) in [5.74, 6) is 0.918. The number of ether oxygens (including phenoxy) is 1. The van der Waals surface area contributed by atoms with Crippen molar-refractivity contribution in [2.24, 2.45) is 0 Å². The maximum absolute atomic E-state index is 5.45. The van der Waals surface area contributed by atoms with Gasteiger partial charge in [0.1, 0.15) is 5.75 Å². The van der Waals surface area contributed by atoms with Crippen LogP contribution in [0.2, 0.25) is 0 Å². The summed E-state index contributed by atoms with van der Waals surface area (Å²) in [7, 11) is 6.23. The molecule has 0 atom stereocenters. The van der Waals surface area contributed by atoms with Crippen LogP contribution in [0.25, 0.3) is 16.5 Å². The number of nitrogens with zero attached hydrogens (tertiary/aromatic N) is 2. The lowest BCUT2D eigenvalue weighted by molar-refractivity contribution is 0.0525. The van der Waals surface area contributed by atoms with Gasteiger partial charge in [-0.3, -0.25) is 9.80 Å². The van der Waals surface area contributed by atoms with Gasteiger partial charge in [0.05, 0.1) is 7.11 Å². The summed E-state index contributed by atoms with van der Waals surface area (Å²) < 4.78 is 5.45. The maximum Gasteiger partial charge on any atom is 0.119 e. The van der Waals surface area contributed by atoms with Crippen LogP contribution in [0.15, 0.2) is 60.8 Å². The summed E-state index contributed by atoms with van der Waals surface area (Å²) in [4.78, 5) is 8.60. The second-order valence-corrected chi connectivity index (χ2v) is 9.61. The molecule has 0 amide bonds. The first-order chi connectivity index (χ1) is 15.6. The van der Waals surface area contributed by atoms with Crippen molar-refractivity contribution < 1.29 is 4.74 Å². The molecule has 32 heavy (non-hydrogen) atoms. The minimum Gasteiger partial charge on any atom is -0.497 e. The van der Waals surface area contributed by atoms with E-state index in [9.17, 15) is 0 Å². The molecule has 1 aromatic heterocycles. The van der Waals surface area contributed by atoms with Gasteiger partial charge in [-0.05, 0) is 75.5 Å². The molecule has 5 rings (SSSR count). The van der Waals surface area contributed by atoms with Gasteiger partial charge >= 0.3 is 0 Å². The number of aromatic amines is 1. The van der Waals surface area contributed by atoms with Crippen LogP contribution >= 0.6 is 0 Å². The highest BCUT2D eigenvalue weighted by atomic mass is 16.5. The maximum atomic E-state index is 5.45. The fourth-order valence-corrected chi connectivity index (χ4v) is 5.94. The SMILES string of the molecule is COc1ccc2[nH]cc(C3=CCN(C4CCC(c5ccccc5)(N(C)C)CC4)CC3)c2c1. The number of hydrogen-bond acceptors (Lipinski definition) is 3. The van der Waals surface area contributed by atoms with Gasteiger partial charge in [-0.1, -0.05) is 36.4 Å². The summed E-state index contributed by atoms with van der Waals surface area (Å²) in [6.07, 6.45) is 10.7. The number of benzene rings is 2. The lowest BCUT2D eigenvalue weighted by Crippen LogP contribution is -2.49. The summed E-state index contributed by atoms with van der Waals surface area (Å²) in [6.45, 7) is 2.20. The van der Waals surface area contributed by atoms with Gasteiger partial charge in [-0.25, -0.2) is 0 Å². The number of rotatable bonds is 5. The van der Waals surface area contributed by atoms with E-state index in [4.69, 9.17) is 4.74 Å². The normalized spacial score (nSPS) is 24.6. The van der Waals surface area contributed by atoms with Gasteiger partial charge in [0.2, 0.25) is 0 Å². The van der Waals surface area contributed by atoms with Crippen LogP contribution in [-0.4, -0.2) is 55.1 Å². The van der Waals surface area contributed by atoms with Gasteiger partial charge in [0, 0.05) is 47.3 Å². The molecule has 2 heterocycles. The number of fused-ring (bicyclic) bond motifs is 1. The Hall–Kier alpha value is -2.56. The first kappa shape index (κ1) is 21.3. The first-order valence-electron chi connectivity index (χ1n) is 11.9. The summed E-state index contributed by atoms with van der Waals surface area (Å²) in [6, 6.07) is 18.1. The van der Waals surface area contributed by atoms with E-state index in [1.54, 1.807) is 7.11 Å². The second-order valence-electron chi connectivity index (χ2n) is 9.61. The van der Waals surface area contributed by atoms with Crippen LogP contribution in [-0.2, 0) is 5.54 Å². The molecule has 1 saturated carbocycles. The molecule has 1 aliphatic carbocycles. The molecular weight excluding hydrogens is 394 g/mol. The van der Waals surface area contributed by atoms with Crippen LogP contribution in [0.5, 0.6) is 5.75 Å². The summed E-state index contributed by atoms with van der Waals surface area (Å²) in [5.41, 5.74) is 5.62. The monoisotopic (exact) mass is 429 g/mol. The number of H-pyrrole nitrogens is 1. The van der Waals surface area contributed by atoms with Crippen molar-refractivity contribution in [1.82, 2.24) is 14.8 Å². The average Bonchev–Trinajstić information content (AvgIpc) is 3.28. The van der Waals surface area contributed by atoms with E-state index in [1.165, 1.54) is 53.3 Å². The number of methoxy groups -OCH3 is 1. The third-order valence-corrected chi connectivity index (χ3v) is 7.94. The molecule has 0 bridgehead atoms. The fraction of sp³-hybridized carbons (Fsp3) is 0.429. The molecular formula is C28H35N3O. The largest absolute Gasteiger partial charge is 0.497 e. The average molecular weight is 430 g/mol. The highest BCUT2D eigenvalue weighted by molar-refractivity contribution is 5.93. The van der Waals surface area contributed by atoms with E-state index in [1.807, 2.05) is 6.07 Å². The molecule has 0 spiro atoms. The Labute approximate surface area is 191 Å². The van der Waals surface area contributed by atoms with E-state index < -0.39 is 0 Å². The van der Waals surface area contributed by atoms with Gasteiger partial charge in [0.25, 0.3) is 0 Å². The smallest absolute Gasteiger partial charge is 0.119 e. The molecule has 0 saturated heterocycles. The van der Waals surface area contributed by atoms with Crippen molar-refractivity contribution >= 4 is 16.5 Å². The molecule has 168 valence electrons. The summed E-state index contributed by atoms with van der Waals surface area (Å²) >= 11 is 0. The van der Waals surface area contributed by atoms with Gasteiger partial charge < -0.3 is 9.72 Å². The van der Waals surface area contributed by atoms with Crippen LogP contribution in [0.1, 0.15) is 43.2 Å². The molecule has 1 aliphatic heterocycles. The summed E-state index contributed by atoms with van der Waals surface area (Å²) in [5, 5.41) is 1.26. The molecule has 0 radical (unpaired) electrons. The number of hydrogen-bond donors (Lipinski definition) is 1. The Morgan fingerprint density at radius 2 is 1.84 bits per heavy atom. The highest BCUT2D eigenvalue weighted by Gasteiger charge is 2.40. The molecule has 1 fully saturated rings. The van der Waals surface area contributed by atoms with Crippen LogP contribution in [0, 0.1) is 0 Å². The minimum atomic E-state index is 0.178. The van der Waals surface area contributed by atoms with E-state index >= 15 is 0 Å². The quantitative estimate of drug-likeness (QED) is 0.567. The third kappa shape index (κ3) is 3.76. The van der Waals surface area contributed by atoms with Crippen molar-refractivity contribution in [2.45, 2.75) is 43.7 Å². The van der Waals surface area contributed by atoms with Crippen LogP contribution in [0.3, 0.4) is 0 Å². The highest BCUT2D eigenvalue weighted by Crippen LogP contribution is 2.43. The molecule has 1 N–H and O–H groups in total. The van der Waals surface area contributed by atoms with Gasteiger partial charge in [-0.2, -0.15) is 0 Å². The van der Waals surface area contributed by atoms with E-state index in [0.29, 0.717) is 6.04 Å². The lowest BCUT2D eigenvalue weighted by atomic mass is 9.73. The third-order valence-electron chi connectivity index (χ3n) is 7.94. The topological polar surface area (TPSA) is 31.5 Å². The van der Waals surface area contributed by atoms with E-state index in [0.717, 1.165) is 25.3 Å². The standard InChI is InChI=1S/C28H35N3O/c1-30(2)28(22-7-5-4-6-8-22)15-11-23(12-16-28)31-17-13-21(14-18-31)26-20-29-27-10-9-24(32-3)19-25(26)27/h4-10,13,19-20,23,29H,11-12,14-18H2,1-3H3. The molecule has 4 heteroatoms. The van der Waals surface area contributed by atoms with Crippen molar-refractivity contribution in [3.8, 4) is 5.75 Å². The Balaban J connectivity index is 1.28. The molecule has 2 aromatic carbocycles. The Kier molecular flexibility index (Phi) is 5.83. The van der Waals surface area contributed by atoms with Crippen molar-refractivity contribution in [1.29, 1.82) is 0 Å². The predicted octanol–water partition coefficient (Wildman–Crippen LogP) is 5.67. The zero-order chi connectivity index (χ0) is 22.1. The predicted molar refractivity (Wildman–Crippen MR) is 133 cm³/mol. The van der Waals surface area contributed by atoms with Crippen LogP contribution in [0.4, 0.5) is 0 Å². The zero-order valence-corrected chi connectivity index (χ0v) is 19.6. The molecule has 3 aromatic rings. The fourth-order valence-electron chi connectivity index (χ4n) is 5.94. The minimum absolute atomic E-state index is 0.178. The van der Waals surface area contributed by atoms with Crippen molar-refractivity contribution in [2.75, 3.05) is 34.3 Å². The van der Waals surface area contributed by atoms with Crippen molar-refractivity contribution in [3.63, 3.8) is 0 Å². The Morgan fingerprint density at radius 3 is 2.50 bits per heavy atom. The number of nitrogens with one attached hydrogen (secondary N) is 1. The molecule has 4 nitrogen and oxygen atoms in total. The van der Waals surface area contributed by atoms with Gasteiger partial charge in [-0.15, -0.1) is 0 Å².